The lowest BCUT2D eigenvalue weighted by Crippen LogP contribution is -2.42. The van der Waals surface area contributed by atoms with E-state index >= 15 is 0 Å². The van der Waals surface area contributed by atoms with Crippen molar-refractivity contribution in [3.05, 3.63) is 0 Å². The highest BCUT2D eigenvalue weighted by atomic mass is 15.2. The number of nitrogens with zero attached hydrogens (tertiary/aromatic N) is 3. The minimum atomic E-state index is 1.23. The van der Waals surface area contributed by atoms with Gasteiger partial charge in [-0.3, -0.25) is 0 Å². The first-order valence-corrected chi connectivity index (χ1v) is 4.50. The van der Waals surface area contributed by atoms with Gasteiger partial charge in [0.1, 0.15) is 0 Å². The summed E-state index contributed by atoms with van der Waals surface area (Å²) in [6.07, 6.45) is 0. The van der Waals surface area contributed by atoms with Crippen LogP contribution in [0.3, 0.4) is 0 Å². The van der Waals surface area contributed by atoms with Crippen LogP contribution >= 0.6 is 0 Å². The minimum Gasteiger partial charge on any atom is -0.312 e. The van der Waals surface area contributed by atoms with Gasteiger partial charge in [-0.25, -0.2) is 0 Å². The van der Waals surface area contributed by atoms with Gasteiger partial charge in [-0.05, 0) is 35.2 Å². The molecule has 0 unspecified atom stereocenters. The summed E-state index contributed by atoms with van der Waals surface area (Å²) in [4.78, 5) is 6.72. The average Bonchev–Trinajstić information content (AvgIpc) is 1.94. The van der Waals surface area contributed by atoms with Gasteiger partial charge in [0.25, 0.3) is 0 Å². The van der Waals surface area contributed by atoms with Crippen molar-refractivity contribution < 1.29 is 0 Å². The lowest BCUT2D eigenvalue weighted by atomic mass is 10.4. The van der Waals surface area contributed by atoms with Crippen LogP contribution in [0.2, 0.25) is 0 Å². The monoisotopic (exact) mass is 173 g/mol. The molecule has 0 saturated carbocycles. The van der Waals surface area contributed by atoms with Crippen LogP contribution in [0.1, 0.15) is 0 Å². The van der Waals surface area contributed by atoms with Crippen molar-refractivity contribution in [2.24, 2.45) is 0 Å². The van der Waals surface area contributed by atoms with E-state index in [1.165, 1.54) is 26.2 Å². The Morgan fingerprint density at radius 2 is 0.917 bits per heavy atom. The fraction of sp³-hybridized carbons (Fsp3) is 1.00. The van der Waals surface area contributed by atoms with Gasteiger partial charge in [-0.15, -0.1) is 0 Å². The second kappa shape index (κ2) is 6.40. The highest BCUT2D eigenvalue weighted by Crippen LogP contribution is 1.93. The lowest BCUT2D eigenvalue weighted by Gasteiger charge is -2.28. The summed E-state index contributed by atoms with van der Waals surface area (Å²) in [6, 6.07) is 0. The Hall–Kier alpha value is -0.120. The standard InChI is InChI=1S/C6H14N2.C3H9N/c1-7-3-5-8(2)6-4-7;1-4(2)3/h3-6H2,1-2H3;1-3H3. The zero-order valence-electron chi connectivity index (χ0n) is 9.17. The quantitative estimate of drug-likeness (QED) is 0.512. The first-order chi connectivity index (χ1) is 5.52. The van der Waals surface area contributed by atoms with Gasteiger partial charge in [0.2, 0.25) is 0 Å². The fourth-order valence-corrected chi connectivity index (χ4v) is 0.906. The van der Waals surface area contributed by atoms with Gasteiger partial charge >= 0.3 is 0 Å². The van der Waals surface area contributed by atoms with E-state index in [9.17, 15) is 0 Å². The zero-order chi connectivity index (χ0) is 9.56. The van der Waals surface area contributed by atoms with Crippen molar-refractivity contribution in [1.29, 1.82) is 0 Å². The van der Waals surface area contributed by atoms with Crippen LogP contribution in [0, 0.1) is 0 Å². The van der Waals surface area contributed by atoms with E-state index < -0.39 is 0 Å². The molecule has 3 heteroatoms. The summed E-state index contributed by atoms with van der Waals surface area (Å²) in [5, 5.41) is 0. The van der Waals surface area contributed by atoms with Gasteiger partial charge in [0.15, 0.2) is 0 Å². The first-order valence-electron chi connectivity index (χ1n) is 4.50. The van der Waals surface area contributed by atoms with Crippen LogP contribution in [0.25, 0.3) is 0 Å². The zero-order valence-corrected chi connectivity index (χ0v) is 9.17. The first kappa shape index (κ1) is 11.9. The third-order valence-electron chi connectivity index (χ3n) is 1.73. The molecule has 1 heterocycles. The molecule has 0 aromatic carbocycles. The lowest BCUT2D eigenvalue weighted by molar-refractivity contribution is 0.181. The van der Waals surface area contributed by atoms with Crippen LogP contribution in [-0.4, -0.2) is 76.1 Å². The summed E-state index contributed by atoms with van der Waals surface area (Å²) >= 11 is 0. The summed E-state index contributed by atoms with van der Waals surface area (Å²) in [7, 11) is 10.3. The molecule has 1 fully saturated rings. The molecule has 12 heavy (non-hydrogen) atoms. The molecule has 0 N–H and O–H groups in total. The van der Waals surface area contributed by atoms with Crippen molar-refractivity contribution in [1.82, 2.24) is 14.7 Å². The van der Waals surface area contributed by atoms with Crippen molar-refractivity contribution in [2.45, 2.75) is 0 Å². The van der Waals surface area contributed by atoms with E-state index in [4.69, 9.17) is 0 Å². The van der Waals surface area contributed by atoms with Crippen LogP contribution in [-0.2, 0) is 0 Å². The SMILES string of the molecule is CN(C)C.CN1CCN(C)CC1. The molecule has 1 rings (SSSR count). The van der Waals surface area contributed by atoms with Crippen LogP contribution in [0.15, 0.2) is 0 Å². The summed E-state index contributed by atoms with van der Waals surface area (Å²) in [6.45, 7) is 4.93. The molecule has 0 aromatic rings. The predicted molar refractivity (Wildman–Crippen MR) is 54.6 cm³/mol. The van der Waals surface area contributed by atoms with E-state index in [1.54, 1.807) is 0 Å². The van der Waals surface area contributed by atoms with Gasteiger partial charge in [0.05, 0.1) is 0 Å². The Labute approximate surface area is 76.9 Å². The molecule has 1 aliphatic rings. The molecule has 0 amide bonds. The average molecular weight is 173 g/mol. The van der Waals surface area contributed by atoms with Crippen molar-refractivity contribution in [3.63, 3.8) is 0 Å². The normalized spacial score (nSPS) is 20.5. The maximum absolute atomic E-state index is 2.36. The van der Waals surface area contributed by atoms with Crippen LogP contribution in [0.4, 0.5) is 0 Å². The van der Waals surface area contributed by atoms with Gasteiger partial charge in [-0.2, -0.15) is 0 Å². The molecule has 0 radical (unpaired) electrons. The Balaban J connectivity index is 0.000000261. The van der Waals surface area contributed by atoms with Crippen molar-refractivity contribution in [3.8, 4) is 0 Å². The van der Waals surface area contributed by atoms with Gasteiger partial charge in [0, 0.05) is 26.2 Å². The molecule has 74 valence electrons. The van der Waals surface area contributed by atoms with Crippen LogP contribution in [0.5, 0.6) is 0 Å². The number of hydrogen-bond acceptors (Lipinski definition) is 3. The topological polar surface area (TPSA) is 9.72 Å². The number of rotatable bonds is 0. The fourth-order valence-electron chi connectivity index (χ4n) is 0.906. The second-order valence-corrected chi connectivity index (χ2v) is 3.95. The Kier molecular flexibility index (Phi) is 6.34. The molecule has 0 aliphatic carbocycles. The Bertz CT molecular complexity index is 83.2. The molecule has 1 aliphatic heterocycles. The summed E-state index contributed by atoms with van der Waals surface area (Å²) in [5.74, 6) is 0. The smallest absolute Gasteiger partial charge is 0.0107 e. The molecule has 3 nitrogen and oxygen atoms in total. The maximum atomic E-state index is 2.36. The molecule has 0 atom stereocenters. The summed E-state index contributed by atoms with van der Waals surface area (Å²) in [5.41, 5.74) is 0. The number of likely N-dealkylation sites (N-methyl/N-ethyl adjacent to an activating group) is 2. The van der Waals surface area contributed by atoms with Gasteiger partial charge in [-0.1, -0.05) is 0 Å². The third kappa shape index (κ3) is 7.98. The van der Waals surface area contributed by atoms with Gasteiger partial charge < -0.3 is 14.7 Å². The highest BCUT2D eigenvalue weighted by molar-refractivity contribution is 4.64. The van der Waals surface area contributed by atoms with Crippen LogP contribution < -0.4 is 0 Å². The van der Waals surface area contributed by atoms with Crippen molar-refractivity contribution >= 4 is 0 Å². The molecule has 0 bridgehead atoms. The largest absolute Gasteiger partial charge is 0.312 e. The maximum Gasteiger partial charge on any atom is 0.0107 e. The molecular formula is C9H23N3. The highest BCUT2D eigenvalue weighted by Gasteiger charge is 2.07. The third-order valence-corrected chi connectivity index (χ3v) is 1.73. The Morgan fingerprint density at radius 1 is 0.750 bits per heavy atom. The van der Waals surface area contributed by atoms with E-state index in [1.807, 2.05) is 26.0 Å². The predicted octanol–water partition coefficient (Wildman–Crippen LogP) is 0.0414. The minimum absolute atomic E-state index is 1.23. The molecule has 1 saturated heterocycles. The Morgan fingerprint density at radius 3 is 1.08 bits per heavy atom. The van der Waals surface area contributed by atoms with Crippen molar-refractivity contribution in [2.75, 3.05) is 61.4 Å². The van der Waals surface area contributed by atoms with E-state index in [0.29, 0.717) is 0 Å². The molecule has 0 aromatic heterocycles. The molecular weight excluding hydrogens is 150 g/mol. The van der Waals surface area contributed by atoms with E-state index in [2.05, 4.69) is 23.9 Å². The van der Waals surface area contributed by atoms with E-state index in [-0.39, 0.29) is 0 Å². The number of piperazine rings is 1. The number of hydrogen-bond donors (Lipinski definition) is 0. The molecule has 0 spiro atoms. The summed E-state index contributed by atoms with van der Waals surface area (Å²) < 4.78 is 0. The van der Waals surface area contributed by atoms with E-state index in [0.717, 1.165) is 0 Å². The second-order valence-electron chi connectivity index (χ2n) is 3.95.